The minimum Gasteiger partial charge on any atom is -0.464 e. The molecule has 1 amide bonds. The van der Waals surface area contributed by atoms with Crippen molar-refractivity contribution in [3.8, 4) is 0 Å². The first-order chi connectivity index (χ1) is 10.2. The van der Waals surface area contributed by atoms with Crippen LogP contribution in [0.25, 0.3) is 0 Å². The number of β-lactam (4-membered cyclic amide) rings is 1. The van der Waals surface area contributed by atoms with E-state index in [4.69, 9.17) is 17.0 Å². The van der Waals surface area contributed by atoms with Crippen molar-refractivity contribution in [2.75, 3.05) is 6.61 Å². The molecular formula is C14H23NO4S2Si. The predicted octanol–water partition coefficient (Wildman–Crippen LogP) is 1.52. The molecule has 2 aliphatic rings. The van der Waals surface area contributed by atoms with E-state index in [1.807, 2.05) is 0 Å². The first-order valence-corrected chi connectivity index (χ1v) is 12.6. The fraction of sp³-hybridized carbons (Fsp3) is 0.786. The number of carbonyl (C=O) groups excluding carboxylic acids is 2. The molecule has 5 nitrogen and oxygen atoms in total. The largest absolute Gasteiger partial charge is 0.464 e. The first kappa shape index (κ1) is 17.9. The number of rotatable bonds is 6. The third-order valence-corrected chi connectivity index (χ3v) is 7.70. The topological polar surface area (TPSA) is 66.8 Å². The van der Waals surface area contributed by atoms with Gasteiger partial charge < -0.3 is 14.7 Å². The lowest BCUT2D eigenvalue weighted by atomic mass is 9.91. The van der Waals surface area contributed by atoms with Crippen LogP contribution in [0.15, 0.2) is 0 Å². The summed E-state index contributed by atoms with van der Waals surface area (Å²) >= 11 is 6.48. The number of esters is 1. The van der Waals surface area contributed by atoms with Crippen LogP contribution in [-0.4, -0.2) is 64.7 Å². The zero-order valence-corrected chi connectivity index (χ0v) is 15.9. The van der Waals surface area contributed by atoms with Crippen molar-refractivity contribution >= 4 is 49.3 Å². The average molecular weight is 362 g/mol. The maximum atomic E-state index is 12.4. The summed E-state index contributed by atoms with van der Waals surface area (Å²) in [6.07, 6.45) is -0.714. The zero-order valence-electron chi connectivity index (χ0n) is 13.3. The van der Waals surface area contributed by atoms with E-state index in [2.05, 4.69) is 19.6 Å². The number of hydrogen-bond donors (Lipinski definition) is 1. The molecule has 1 N–H and O–H groups in total. The van der Waals surface area contributed by atoms with E-state index >= 15 is 0 Å². The maximum Gasteiger partial charge on any atom is 0.330 e. The van der Waals surface area contributed by atoms with Crippen molar-refractivity contribution in [3.05, 3.63) is 0 Å². The number of hydrogen-bond acceptors (Lipinski definition) is 6. The fourth-order valence-electron chi connectivity index (χ4n) is 2.69. The number of thiocarbonyl (C=S) groups is 1. The predicted molar refractivity (Wildman–Crippen MR) is 93.7 cm³/mol. The molecule has 0 aromatic heterocycles. The molecule has 0 saturated carbocycles. The lowest BCUT2D eigenvalue weighted by Gasteiger charge is -2.44. The minimum absolute atomic E-state index is 0.175. The van der Waals surface area contributed by atoms with Crippen molar-refractivity contribution in [3.63, 3.8) is 0 Å². The second-order valence-electron chi connectivity index (χ2n) is 7.06. The van der Waals surface area contributed by atoms with E-state index in [0.29, 0.717) is 6.61 Å². The Balaban J connectivity index is 2.02. The second-order valence-corrected chi connectivity index (χ2v) is 14.3. The molecule has 2 saturated heterocycles. The van der Waals surface area contributed by atoms with Crippen LogP contribution in [0.3, 0.4) is 0 Å². The van der Waals surface area contributed by atoms with Crippen LogP contribution in [-0.2, 0) is 14.3 Å². The number of aliphatic hydroxyl groups is 1. The van der Waals surface area contributed by atoms with Crippen molar-refractivity contribution in [1.82, 2.24) is 4.90 Å². The zero-order chi connectivity index (χ0) is 16.7. The normalized spacial score (nSPS) is 32.2. The lowest BCUT2D eigenvalue weighted by molar-refractivity contribution is -0.169. The van der Waals surface area contributed by atoms with Crippen LogP contribution in [0.4, 0.5) is 0 Å². The Morgan fingerprint density at radius 2 is 2.18 bits per heavy atom. The number of thioether (sulfide) groups is 1. The summed E-state index contributed by atoms with van der Waals surface area (Å²) in [4.78, 5) is 26.1. The molecule has 2 fully saturated rings. The third kappa shape index (κ3) is 3.39. The quantitative estimate of drug-likeness (QED) is 0.335. The van der Waals surface area contributed by atoms with Crippen LogP contribution >= 0.6 is 24.0 Å². The molecule has 2 rings (SSSR count). The van der Waals surface area contributed by atoms with Gasteiger partial charge in [0.05, 0.1) is 29.3 Å². The number of ether oxygens (including phenoxy) is 1. The molecule has 22 heavy (non-hydrogen) atoms. The maximum absolute atomic E-state index is 12.4. The Morgan fingerprint density at radius 1 is 1.55 bits per heavy atom. The summed E-state index contributed by atoms with van der Waals surface area (Å²) in [6, 6.07) is 0.255. The molecule has 0 aromatic carbocycles. The molecule has 1 unspecified atom stereocenters. The smallest absolute Gasteiger partial charge is 0.330 e. The van der Waals surface area contributed by atoms with Crippen LogP contribution in [0, 0.1) is 5.92 Å². The van der Waals surface area contributed by atoms with Crippen molar-refractivity contribution in [2.45, 2.75) is 55.4 Å². The van der Waals surface area contributed by atoms with Gasteiger partial charge in [0.15, 0.2) is 0 Å². The average Bonchev–Trinajstić information content (AvgIpc) is 2.70. The van der Waals surface area contributed by atoms with E-state index in [9.17, 15) is 14.7 Å². The third-order valence-electron chi connectivity index (χ3n) is 4.02. The van der Waals surface area contributed by atoms with Gasteiger partial charge in [0.2, 0.25) is 5.91 Å². The van der Waals surface area contributed by atoms with Gasteiger partial charge in [0.25, 0.3) is 0 Å². The second kappa shape index (κ2) is 6.58. The molecule has 2 aliphatic heterocycles. The van der Waals surface area contributed by atoms with Crippen LogP contribution in [0.2, 0.25) is 25.7 Å². The van der Waals surface area contributed by atoms with Gasteiger partial charge in [-0.3, -0.25) is 4.79 Å². The Kier molecular flexibility index (Phi) is 5.36. The number of fused-ring (bicyclic) bond motifs is 1. The molecule has 124 valence electrons. The highest BCUT2D eigenvalue weighted by molar-refractivity contribution is 8.02. The minimum atomic E-state index is -1.27. The highest BCUT2D eigenvalue weighted by Gasteiger charge is 2.61. The lowest BCUT2D eigenvalue weighted by Crippen LogP contribution is -2.64. The first-order valence-electron chi connectivity index (χ1n) is 7.45. The van der Waals surface area contributed by atoms with Gasteiger partial charge in [-0.1, -0.05) is 31.9 Å². The van der Waals surface area contributed by atoms with E-state index in [1.54, 1.807) is 6.92 Å². The van der Waals surface area contributed by atoms with Crippen molar-refractivity contribution in [2.24, 2.45) is 5.92 Å². The van der Waals surface area contributed by atoms with E-state index in [0.717, 1.165) is 6.04 Å². The molecular weight excluding hydrogens is 338 g/mol. The Hall–Kier alpha value is -0.443. The van der Waals surface area contributed by atoms with E-state index < -0.39 is 26.1 Å². The van der Waals surface area contributed by atoms with Crippen LogP contribution in [0.5, 0.6) is 0 Å². The molecule has 0 aromatic rings. The number of nitrogens with zero attached hydrogens (tertiary/aromatic N) is 1. The molecule has 0 bridgehead atoms. The molecule has 0 radical (unpaired) electrons. The Bertz CT molecular complexity index is 480. The monoisotopic (exact) mass is 361 g/mol. The molecule has 2 heterocycles. The molecule has 0 spiro atoms. The van der Waals surface area contributed by atoms with Gasteiger partial charge in [-0.05, 0) is 18.3 Å². The van der Waals surface area contributed by atoms with Crippen molar-refractivity contribution in [1.29, 1.82) is 0 Å². The summed E-state index contributed by atoms with van der Waals surface area (Å²) in [5, 5.41) is 10.8. The summed E-state index contributed by atoms with van der Waals surface area (Å²) in [5.41, 5.74) is 0. The summed E-state index contributed by atoms with van der Waals surface area (Å²) in [5.74, 6) is -1.00. The van der Waals surface area contributed by atoms with Gasteiger partial charge in [0.1, 0.15) is 6.04 Å². The van der Waals surface area contributed by atoms with Gasteiger partial charge in [-0.15, -0.1) is 11.8 Å². The highest BCUT2D eigenvalue weighted by Crippen LogP contribution is 2.48. The fourth-order valence-corrected chi connectivity index (χ4v) is 5.40. The molecule has 5 atom stereocenters. The number of aliphatic hydroxyl groups excluding tert-OH is 1. The summed E-state index contributed by atoms with van der Waals surface area (Å²) in [6.45, 7) is 8.65. The summed E-state index contributed by atoms with van der Waals surface area (Å²) in [7, 11) is -1.27. The van der Waals surface area contributed by atoms with Crippen molar-refractivity contribution < 1.29 is 19.4 Å². The van der Waals surface area contributed by atoms with Crippen LogP contribution in [0.1, 0.15) is 6.92 Å². The van der Waals surface area contributed by atoms with Crippen LogP contribution < -0.4 is 0 Å². The van der Waals surface area contributed by atoms with E-state index in [-0.39, 0.29) is 22.5 Å². The van der Waals surface area contributed by atoms with Gasteiger partial charge >= 0.3 is 5.97 Å². The van der Waals surface area contributed by atoms with Gasteiger partial charge in [-0.25, -0.2) is 4.79 Å². The summed E-state index contributed by atoms with van der Waals surface area (Å²) < 4.78 is 5.39. The highest BCUT2D eigenvalue weighted by atomic mass is 32.2. The van der Waals surface area contributed by atoms with Gasteiger partial charge in [0, 0.05) is 8.07 Å². The Labute approximate surface area is 141 Å². The number of carbonyl (C=O) groups is 2. The molecule has 8 heteroatoms. The molecule has 0 aliphatic carbocycles. The Morgan fingerprint density at radius 3 is 2.68 bits per heavy atom. The standard InChI is InChI=1S/C14H23NO4S2Si/c1-8(16)10-12(17)15-11(9(7-20)21-13(10)15)14(18)19-5-6-22(2,3)4/h7-11,13,16H,5-6H2,1-4H3/t8?,9-,10+,11-,13+/m0/s1. The van der Waals surface area contributed by atoms with Gasteiger partial charge in [-0.2, -0.15) is 0 Å². The van der Waals surface area contributed by atoms with E-state index in [1.165, 1.54) is 22.0 Å². The SMILES string of the molecule is CC(O)[C@@H]1C(=O)N2[C@@H]1S[C@@H](C=S)[C@H]2C(=O)OCC[Si](C)(C)C. The number of amides is 1.